The molecule has 0 aliphatic carbocycles. The predicted molar refractivity (Wildman–Crippen MR) is 65.2 cm³/mol. The molecule has 2 N–H and O–H groups in total. The van der Waals surface area contributed by atoms with Crippen LogP contribution in [-0.4, -0.2) is 40.9 Å². The fourth-order valence-electron chi connectivity index (χ4n) is 2.12. The molecule has 0 amide bonds. The number of aliphatic hydroxyl groups excluding tert-OH is 1. The van der Waals surface area contributed by atoms with Crippen molar-refractivity contribution in [3.8, 4) is 0 Å². The summed E-state index contributed by atoms with van der Waals surface area (Å²) in [5, 5.41) is 19.2. The van der Waals surface area contributed by atoms with Crippen molar-refractivity contribution in [2.24, 2.45) is 0 Å². The number of nitrogens with zero attached hydrogens (tertiary/aromatic N) is 1. The highest BCUT2D eigenvalue weighted by Crippen LogP contribution is 2.30. The fraction of sp³-hybridized carbons (Fsp3) is 0.538. The van der Waals surface area contributed by atoms with Gasteiger partial charge in [0.05, 0.1) is 18.2 Å². The zero-order valence-corrected chi connectivity index (χ0v) is 10.2. The zero-order valence-electron chi connectivity index (χ0n) is 10.2. The van der Waals surface area contributed by atoms with E-state index in [0.29, 0.717) is 6.54 Å². The molecule has 1 aromatic rings. The minimum atomic E-state index is -0.842. The summed E-state index contributed by atoms with van der Waals surface area (Å²) in [4.78, 5) is 1.97. The van der Waals surface area contributed by atoms with Gasteiger partial charge in [-0.3, -0.25) is 4.90 Å². The molecule has 3 nitrogen and oxygen atoms in total. The predicted octanol–water partition coefficient (Wildman–Crippen LogP) is 1.42. The molecule has 0 fully saturated rings. The van der Waals surface area contributed by atoms with E-state index in [1.165, 1.54) is 0 Å². The third kappa shape index (κ3) is 3.30. The number of aliphatic hydroxyl groups is 2. The van der Waals surface area contributed by atoms with Crippen LogP contribution in [0.3, 0.4) is 0 Å². The van der Waals surface area contributed by atoms with Crippen LogP contribution < -0.4 is 0 Å². The summed E-state index contributed by atoms with van der Waals surface area (Å²) in [5.74, 6) is 0. The Morgan fingerprint density at radius 3 is 2.25 bits per heavy atom. The van der Waals surface area contributed by atoms with Gasteiger partial charge in [0, 0.05) is 6.54 Å². The van der Waals surface area contributed by atoms with E-state index in [1.54, 1.807) is 13.8 Å². The van der Waals surface area contributed by atoms with Crippen molar-refractivity contribution in [3.05, 3.63) is 35.9 Å². The molecular formula is C13H21NO2. The Morgan fingerprint density at radius 1 is 1.25 bits per heavy atom. The lowest BCUT2D eigenvalue weighted by atomic mass is 9.91. The molecule has 1 unspecified atom stereocenters. The average Bonchev–Trinajstić information content (AvgIpc) is 2.17. The first-order chi connectivity index (χ1) is 7.46. The maximum absolute atomic E-state index is 10.2. The van der Waals surface area contributed by atoms with Gasteiger partial charge in [-0.25, -0.2) is 0 Å². The SMILES string of the molecule is CN(CCO)C(c1ccccc1)C(C)(C)O. The van der Waals surface area contributed by atoms with Gasteiger partial charge in [-0.05, 0) is 26.5 Å². The Morgan fingerprint density at radius 2 is 1.81 bits per heavy atom. The average molecular weight is 223 g/mol. The zero-order chi connectivity index (χ0) is 12.2. The lowest BCUT2D eigenvalue weighted by Gasteiger charge is -2.37. The molecule has 0 heterocycles. The third-order valence-electron chi connectivity index (χ3n) is 2.68. The van der Waals surface area contributed by atoms with Crippen LogP contribution in [0.2, 0.25) is 0 Å². The molecule has 0 aliphatic heterocycles. The van der Waals surface area contributed by atoms with Crippen molar-refractivity contribution >= 4 is 0 Å². The first-order valence-corrected chi connectivity index (χ1v) is 5.55. The first kappa shape index (κ1) is 13.2. The molecule has 0 bridgehead atoms. The molecule has 90 valence electrons. The highest BCUT2D eigenvalue weighted by Gasteiger charge is 2.31. The maximum Gasteiger partial charge on any atom is 0.0787 e. The van der Waals surface area contributed by atoms with Crippen molar-refractivity contribution in [2.75, 3.05) is 20.2 Å². The van der Waals surface area contributed by atoms with Crippen LogP contribution in [0, 0.1) is 0 Å². The standard InChI is InChI=1S/C13H21NO2/c1-13(2,16)12(14(3)9-10-15)11-7-5-4-6-8-11/h4-8,12,15-16H,9-10H2,1-3H3. The lowest BCUT2D eigenvalue weighted by Crippen LogP contribution is -2.41. The minimum Gasteiger partial charge on any atom is -0.395 e. The molecule has 1 atom stereocenters. The van der Waals surface area contributed by atoms with Gasteiger partial charge >= 0.3 is 0 Å². The van der Waals surface area contributed by atoms with Crippen molar-refractivity contribution in [1.29, 1.82) is 0 Å². The summed E-state index contributed by atoms with van der Waals surface area (Å²) in [5.41, 5.74) is 0.219. The summed E-state index contributed by atoms with van der Waals surface area (Å²) in [7, 11) is 1.91. The van der Waals surface area contributed by atoms with Crippen molar-refractivity contribution < 1.29 is 10.2 Å². The highest BCUT2D eigenvalue weighted by molar-refractivity contribution is 5.21. The van der Waals surface area contributed by atoms with Crippen LogP contribution in [0.15, 0.2) is 30.3 Å². The number of benzene rings is 1. The first-order valence-electron chi connectivity index (χ1n) is 5.55. The van der Waals surface area contributed by atoms with Gasteiger partial charge in [0.15, 0.2) is 0 Å². The second-order valence-corrected chi connectivity index (χ2v) is 4.67. The third-order valence-corrected chi connectivity index (χ3v) is 2.68. The summed E-state index contributed by atoms with van der Waals surface area (Å²) in [6.45, 7) is 4.22. The molecule has 3 heteroatoms. The Balaban J connectivity index is 2.97. The van der Waals surface area contributed by atoms with Crippen LogP contribution in [0.1, 0.15) is 25.5 Å². The molecule has 0 aliphatic rings. The summed E-state index contributed by atoms with van der Waals surface area (Å²) in [6, 6.07) is 9.76. The van der Waals surface area contributed by atoms with Gasteiger partial charge in [0.1, 0.15) is 0 Å². The van der Waals surface area contributed by atoms with Gasteiger partial charge < -0.3 is 10.2 Å². The van der Waals surface area contributed by atoms with Gasteiger partial charge in [0.2, 0.25) is 0 Å². The smallest absolute Gasteiger partial charge is 0.0787 e. The molecule has 0 saturated heterocycles. The minimum absolute atomic E-state index is 0.0932. The fourth-order valence-corrected chi connectivity index (χ4v) is 2.12. The van der Waals surface area contributed by atoms with Gasteiger partial charge in [-0.15, -0.1) is 0 Å². The van der Waals surface area contributed by atoms with Crippen molar-refractivity contribution in [3.63, 3.8) is 0 Å². The van der Waals surface area contributed by atoms with E-state index in [4.69, 9.17) is 5.11 Å². The Bertz CT molecular complexity index is 305. The van der Waals surface area contributed by atoms with Crippen molar-refractivity contribution in [1.82, 2.24) is 4.90 Å². The van der Waals surface area contributed by atoms with Crippen LogP contribution >= 0.6 is 0 Å². The van der Waals surface area contributed by atoms with Crippen LogP contribution in [0.25, 0.3) is 0 Å². The van der Waals surface area contributed by atoms with Crippen LogP contribution in [0.4, 0.5) is 0 Å². The van der Waals surface area contributed by atoms with E-state index in [-0.39, 0.29) is 12.6 Å². The van der Waals surface area contributed by atoms with Crippen LogP contribution in [0.5, 0.6) is 0 Å². The van der Waals surface area contributed by atoms with Crippen LogP contribution in [-0.2, 0) is 0 Å². The van der Waals surface area contributed by atoms with E-state index in [1.807, 2.05) is 42.3 Å². The quantitative estimate of drug-likeness (QED) is 0.793. The van der Waals surface area contributed by atoms with E-state index in [9.17, 15) is 5.11 Å². The molecule has 0 saturated carbocycles. The molecular weight excluding hydrogens is 202 g/mol. The molecule has 1 rings (SSSR count). The number of likely N-dealkylation sites (N-methyl/N-ethyl adjacent to an activating group) is 1. The monoisotopic (exact) mass is 223 g/mol. The molecule has 0 spiro atoms. The van der Waals surface area contributed by atoms with Crippen molar-refractivity contribution in [2.45, 2.75) is 25.5 Å². The number of rotatable bonds is 5. The second kappa shape index (κ2) is 5.43. The number of hydrogen-bond donors (Lipinski definition) is 2. The second-order valence-electron chi connectivity index (χ2n) is 4.67. The summed E-state index contributed by atoms with van der Waals surface area (Å²) >= 11 is 0. The largest absolute Gasteiger partial charge is 0.395 e. The lowest BCUT2D eigenvalue weighted by molar-refractivity contribution is -0.0161. The maximum atomic E-state index is 10.2. The topological polar surface area (TPSA) is 43.7 Å². The summed E-state index contributed by atoms with van der Waals surface area (Å²) < 4.78 is 0. The normalized spacial score (nSPS) is 14.1. The molecule has 16 heavy (non-hydrogen) atoms. The summed E-state index contributed by atoms with van der Waals surface area (Å²) in [6.07, 6.45) is 0. The molecule has 0 radical (unpaired) electrons. The van der Waals surface area contributed by atoms with E-state index >= 15 is 0 Å². The molecule has 1 aromatic carbocycles. The number of hydrogen-bond acceptors (Lipinski definition) is 3. The molecule has 0 aromatic heterocycles. The Kier molecular flexibility index (Phi) is 4.47. The van der Waals surface area contributed by atoms with E-state index < -0.39 is 5.60 Å². The highest BCUT2D eigenvalue weighted by atomic mass is 16.3. The van der Waals surface area contributed by atoms with E-state index in [0.717, 1.165) is 5.56 Å². The van der Waals surface area contributed by atoms with Gasteiger partial charge in [0.25, 0.3) is 0 Å². The van der Waals surface area contributed by atoms with Gasteiger partial charge in [-0.1, -0.05) is 30.3 Å². The Hall–Kier alpha value is -0.900. The van der Waals surface area contributed by atoms with E-state index in [2.05, 4.69) is 0 Å². The Labute approximate surface area is 97.3 Å². The van der Waals surface area contributed by atoms with Gasteiger partial charge in [-0.2, -0.15) is 0 Å².